The highest BCUT2D eigenvalue weighted by atomic mass is 79.9. The SMILES string of the molecule is O=C(O)CC1(NC(=O)c2c[nH]c3cccc(Br)c23)CCCC1. The molecule has 1 aliphatic carbocycles. The second-order valence-corrected chi connectivity index (χ2v) is 6.73. The maximum Gasteiger partial charge on any atom is 0.305 e. The lowest BCUT2D eigenvalue weighted by molar-refractivity contribution is -0.138. The van der Waals surface area contributed by atoms with Gasteiger partial charge in [-0.25, -0.2) is 0 Å². The third-order valence-electron chi connectivity index (χ3n) is 4.33. The summed E-state index contributed by atoms with van der Waals surface area (Å²) >= 11 is 3.47. The van der Waals surface area contributed by atoms with E-state index in [0.29, 0.717) is 18.4 Å². The van der Waals surface area contributed by atoms with Crippen molar-refractivity contribution in [3.8, 4) is 0 Å². The molecule has 6 heteroatoms. The lowest BCUT2D eigenvalue weighted by Gasteiger charge is -2.28. The monoisotopic (exact) mass is 364 g/mol. The lowest BCUT2D eigenvalue weighted by atomic mass is 9.92. The van der Waals surface area contributed by atoms with E-state index in [1.54, 1.807) is 6.20 Å². The predicted molar refractivity (Wildman–Crippen MR) is 86.9 cm³/mol. The number of aromatic nitrogens is 1. The number of H-pyrrole nitrogens is 1. The van der Waals surface area contributed by atoms with Crippen LogP contribution in [0, 0.1) is 0 Å². The lowest BCUT2D eigenvalue weighted by Crippen LogP contribution is -2.47. The number of amides is 1. The van der Waals surface area contributed by atoms with E-state index < -0.39 is 11.5 Å². The number of carboxylic acids is 1. The Morgan fingerprint density at radius 3 is 2.73 bits per heavy atom. The second-order valence-electron chi connectivity index (χ2n) is 5.88. The molecule has 1 aromatic heterocycles. The molecule has 116 valence electrons. The van der Waals surface area contributed by atoms with Crippen LogP contribution in [0.3, 0.4) is 0 Å². The van der Waals surface area contributed by atoms with Gasteiger partial charge in [0.15, 0.2) is 0 Å². The minimum Gasteiger partial charge on any atom is -0.481 e. The largest absolute Gasteiger partial charge is 0.481 e. The third kappa shape index (κ3) is 2.75. The van der Waals surface area contributed by atoms with Crippen molar-refractivity contribution in [1.82, 2.24) is 10.3 Å². The number of halogens is 1. The van der Waals surface area contributed by atoms with Crippen LogP contribution in [0.25, 0.3) is 10.9 Å². The molecule has 2 aromatic rings. The number of hydrogen-bond acceptors (Lipinski definition) is 2. The van der Waals surface area contributed by atoms with Gasteiger partial charge in [-0.15, -0.1) is 0 Å². The Hall–Kier alpha value is -1.82. The van der Waals surface area contributed by atoms with Gasteiger partial charge in [-0.2, -0.15) is 0 Å². The number of rotatable bonds is 4. The first-order valence-corrected chi connectivity index (χ1v) is 8.10. The normalized spacial score (nSPS) is 16.8. The number of hydrogen-bond donors (Lipinski definition) is 3. The first-order valence-electron chi connectivity index (χ1n) is 7.31. The molecule has 1 saturated carbocycles. The van der Waals surface area contributed by atoms with Crippen molar-refractivity contribution in [3.63, 3.8) is 0 Å². The van der Waals surface area contributed by atoms with Gasteiger partial charge in [0, 0.05) is 21.6 Å². The predicted octanol–water partition coefficient (Wildman–Crippen LogP) is 3.45. The van der Waals surface area contributed by atoms with Crippen molar-refractivity contribution < 1.29 is 14.7 Å². The molecule has 1 amide bonds. The minimum absolute atomic E-state index is 0.0255. The summed E-state index contributed by atoms with van der Waals surface area (Å²) in [6.45, 7) is 0. The first-order chi connectivity index (χ1) is 10.5. The molecule has 5 nitrogen and oxygen atoms in total. The number of aliphatic carboxylic acids is 1. The van der Waals surface area contributed by atoms with Gasteiger partial charge < -0.3 is 15.4 Å². The minimum atomic E-state index is -0.873. The summed E-state index contributed by atoms with van der Waals surface area (Å²) in [7, 11) is 0. The van der Waals surface area contributed by atoms with Gasteiger partial charge in [-0.1, -0.05) is 34.8 Å². The smallest absolute Gasteiger partial charge is 0.305 e. The molecule has 0 aliphatic heterocycles. The van der Waals surface area contributed by atoms with Gasteiger partial charge in [0.05, 0.1) is 17.5 Å². The topological polar surface area (TPSA) is 82.2 Å². The number of nitrogens with one attached hydrogen (secondary N) is 2. The van der Waals surface area contributed by atoms with Crippen molar-refractivity contribution in [3.05, 3.63) is 34.4 Å². The Kier molecular flexibility index (Phi) is 3.95. The highest BCUT2D eigenvalue weighted by molar-refractivity contribution is 9.10. The molecule has 0 atom stereocenters. The summed E-state index contributed by atoms with van der Waals surface area (Å²) < 4.78 is 0.843. The summed E-state index contributed by atoms with van der Waals surface area (Å²) in [6.07, 6.45) is 4.98. The van der Waals surface area contributed by atoms with Crippen molar-refractivity contribution >= 4 is 38.7 Å². The molecule has 22 heavy (non-hydrogen) atoms. The van der Waals surface area contributed by atoms with Crippen LogP contribution >= 0.6 is 15.9 Å². The van der Waals surface area contributed by atoms with E-state index in [1.807, 2.05) is 18.2 Å². The highest BCUT2D eigenvalue weighted by Gasteiger charge is 2.38. The van der Waals surface area contributed by atoms with E-state index in [-0.39, 0.29) is 12.3 Å². The Morgan fingerprint density at radius 2 is 2.05 bits per heavy atom. The van der Waals surface area contributed by atoms with Gasteiger partial charge in [0.2, 0.25) is 0 Å². The van der Waals surface area contributed by atoms with Crippen LogP contribution in [0.4, 0.5) is 0 Å². The average molecular weight is 365 g/mol. The first kappa shape index (κ1) is 15.1. The quantitative estimate of drug-likeness (QED) is 0.776. The summed E-state index contributed by atoms with van der Waals surface area (Å²) in [5.74, 6) is -1.09. The number of benzene rings is 1. The number of carbonyl (C=O) groups excluding carboxylic acids is 1. The van der Waals surface area contributed by atoms with E-state index in [1.165, 1.54) is 0 Å². The highest BCUT2D eigenvalue weighted by Crippen LogP contribution is 2.34. The molecule has 0 spiro atoms. The molecule has 3 rings (SSSR count). The molecule has 1 fully saturated rings. The van der Waals surface area contributed by atoms with E-state index in [0.717, 1.165) is 28.2 Å². The van der Waals surface area contributed by atoms with Gasteiger partial charge in [0.1, 0.15) is 0 Å². The van der Waals surface area contributed by atoms with Crippen LogP contribution in [0.5, 0.6) is 0 Å². The third-order valence-corrected chi connectivity index (χ3v) is 4.99. The van der Waals surface area contributed by atoms with Crippen LogP contribution in [-0.2, 0) is 4.79 Å². The van der Waals surface area contributed by atoms with E-state index >= 15 is 0 Å². The van der Waals surface area contributed by atoms with Gasteiger partial charge >= 0.3 is 5.97 Å². The zero-order valence-electron chi connectivity index (χ0n) is 12.0. The van der Waals surface area contributed by atoms with Crippen LogP contribution in [-0.4, -0.2) is 27.5 Å². The fraction of sp³-hybridized carbons (Fsp3) is 0.375. The Labute approximate surface area is 136 Å². The van der Waals surface area contributed by atoms with E-state index in [4.69, 9.17) is 5.11 Å². The zero-order valence-corrected chi connectivity index (χ0v) is 13.6. The second kappa shape index (κ2) is 5.76. The Balaban J connectivity index is 1.91. The number of aromatic amines is 1. The summed E-state index contributed by atoms with van der Waals surface area (Å²) in [5, 5.41) is 12.9. The average Bonchev–Trinajstić information content (AvgIpc) is 3.05. The van der Waals surface area contributed by atoms with Crippen molar-refractivity contribution in [1.29, 1.82) is 0 Å². The summed E-state index contributed by atoms with van der Waals surface area (Å²) in [5.41, 5.74) is 0.797. The molecule has 1 aromatic carbocycles. The molecule has 0 radical (unpaired) electrons. The standard InChI is InChI=1S/C16H17BrN2O3/c17-11-4-3-5-12-14(11)10(9-18-12)15(22)19-16(8-13(20)21)6-1-2-7-16/h3-5,9,18H,1-2,6-8H2,(H,19,22)(H,20,21). The molecule has 0 unspecified atom stereocenters. The van der Waals surface area contributed by atoms with Crippen LogP contribution in [0.2, 0.25) is 0 Å². The van der Waals surface area contributed by atoms with Crippen LogP contribution < -0.4 is 5.32 Å². The van der Waals surface area contributed by atoms with Crippen molar-refractivity contribution in [2.45, 2.75) is 37.6 Å². The van der Waals surface area contributed by atoms with Gasteiger partial charge in [-0.3, -0.25) is 9.59 Å². The van der Waals surface area contributed by atoms with Crippen LogP contribution in [0.15, 0.2) is 28.9 Å². The Bertz CT molecular complexity index is 732. The van der Waals surface area contributed by atoms with Gasteiger partial charge in [0.25, 0.3) is 5.91 Å². The number of carbonyl (C=O) groups is 2. The van der Waals surface area contributed by atoms with Crippen molar-refractivity contribution in [2.24, 2.45) is 0 Å². The summed E-state index contributed by atoms with van der Waals surface area (Å²) in [4.78, 5) is 26.9. The zero-order chi connectivity index (χ0) is 15.7. The molecule has 0 saturated heterocycles. The molecular weight excluding hydrogens is 348 g/mol. The molecule has 0 bridgehead atoms. The number of fused-ring (bicyclic) bond motifs is 1. The van der Waals surface area contributed by atoms with E-state index in [2.05, 4.69) is 26.2 Å². The Morgan fingerprint density at radius 1 is 1.32 bits per heavy atom. The fourth-order valence-electron chi connectivity index (χ4n) is 3.31. The maximum absolute atomic E-state index is 12.7. The molecule has 3 N–H and O–H groups in total. The molecule has 1 heterocycles. The van der Waals surface area contributed by atoms with Crippen molar-refractivity contribution in [2.75, 3.05) is 0 Å². The summed E-state index contributed by atoms with van der Waals surface area (Å²) in [6, 6.07) is 5.68. The maximum atomic E-state index is 12.7. The van der Waals surface area contributed by atoms with Gasteiger partial charge in [-0.05, 0) is 25.0 Å². The van der Waals surface area contributed by atoms with Crippen LogP contribution in [0.1, 0.15) is 42.5 Å². The fourth-order valence-corrected chi connectivity index (χ4v) is 3.89. The molecular formula is C16H17BrN2O3. The van der Waals surface area contributed by atoms with E-state index in [9.17, 15) is 9.59 Å². The number of carboxylic acid groups (broad SMARTS) is 1. The molecule has 1 aliphatic rings.